The Morgan fingerprint density at radius 2 is 1.80 bits per heavy atom. The van der Waals surface area contributed by atoms with Gasteiger partial charge in [-0.1, -0.05) is 30.7 Å². The molecule has 106 valence electrons. The first-order valence-corrected chi connectivity index (χ1v) is 7.19. The molecule has 0 aliphatic rings. The molecule has 0 radical (unpaired) electrons. The zero-order valence-electron chi connectivity index (χ0n) is 12.1. The molecule has 0 saturated carbocycles. The highest BCUT2D eigenvalue weighted by molar-refractivity contribution is 6.30. The lowest BCUT2D eigenvalue weighted by atomic mass is 10.1. The Kier molecular flexibility index (Phi) is 4.69. The molecule has 2 N–H and O–H groups in total. The third kappa shape index (κ3) is 3.33. The molecule has 2 nitrogen and oxygen atoms in total. The van der Waals surface area contributed by atoms with E-state index in [0.29, 0.717) is 0 Å². The smallest absolute Gasteiger partial charge is 0.133 e. The topological polar surface area (TPSA) is 35.2 Å². The van der Waals surface area contributed by atoms with Crippen LogP contribution in [0, 0.1) is 13.8 Å². The van der Waals surface area contributed by atoms with E-state index in [0.717, 1.165) is 39.6 Å². The minimum absolute atomic E-state index is 0.0472. The summed E-state index contributed by atoms with van der Waals surface area (Å²) in [5, 5.41) is 0.731. The van der Waals surface area contributed by atoms with Crippen LogP contribution in [0.2, 0.25) is 5.02 Å². The standard InChI is InChI=1S/C17H20ClNO/c1-4-16(19)13-6-5-7-15(10-13)20-17-11(2)8-14(18)9-12(17)3/h5-10,16H,4,19H2,1-3H3. The van der Waals surface area contributed by atoms with Gasteiger partial charge in [-0.15, -0.1) is 0 Å². The van der Waals surface area contributed by atoms with Crippen molar-refractivity contribution in [3.8, 4) is 11.5 Å². The van der Waals surface area contributed by atoms with Crippen LogP contribution in [0.3, 0.4) is 0 Å². The minimum Gasteiger partial charge on any atom is -0.457 e. The number of rotatable bonds is 4. The SMILES string of the molecule is CCC(N)c1cccc(Oc2c(C)cc(Cl)cc2C)c1. The van der Waals surface area contributed by atoms with Gasteiger partial charge >= 0.3 is 0 Å². The second-order valence-corrected chi connectivity index (χ2v) is 5.49. The Bertz CT molecular complexity index is 587. The molecular formula is C17H20ClNO. The molecule has 2 aromatic carbocycles. The van der Waals surface area contributed by atoms with Crippen LogP contribution in [-0.2, 0) is 0 Å². The van der Waals surface area contributed by atoms with Gasteiger partial charge in [0.25, 0.3) is 0 Å². The Hall–Kier alpha value is -1.51. The quantitative estimate of drug-likeness (QED) is 0.844. The fourth-order valence-electron chi connectivity index (χ4n) is 2.22. The minimum atomic E-state index is 0.0472. The Labute approximate surface area is 125 Å². The van der Waals surface area contributed by atoms with Crippen LogP contribution in [0.4, 0.5) is 0 Å². The number of aryl methyl sites for hydroxylation is 2. The second kappa shape index (κ2) is 6.29. The summed E-state index contributed by atoms with van der Waals surface area (Å²) in [5.41, 5.74) is 9.21. The number of ether oxygens (including phenoxy) is 1. The zero-order chi connectivity index (χ0) is 14.7. The molecule has 1 atom stereocenters. The van der Waals surface area contributed by atoms with Gasteiger partial charge in [-0.3, -0.25) is 0 Å². The van der Waals surface area contributed by atoms with Crippen molar-refractivity contribution in [3.63, 3.8) is 0 Å². The van der Waals surface area contributed by atoms with E-state index in [1.807, 2.05) is 50.2 Å². The van der Waals surface area contributed by atoms with Gasteiger partial charge in [0, 0.05) is 11.1 Å². The van der Waals surface area contributed by atoms with Crippen LogP contribution in [0.1, 0.15) is 36.1 Å². The summed E-state index contributed by atoms with van der Waals surface area (Å²) < 4.78 is 6.02. The summed E-state index contributed by atoms with van der Waals surface area (Å²) in [4.78, 5) is 0. The van der Waals surface area contributed by atoms with Crippen molar-refractivity contribution in [3.05, 3.63) is 58.1 Å². The fraction of sp³-hybridized carbons (Fsp3) is 0.294. The van der Waals surface area contributed by atoms with Crippen LogP contribution in [0.25, 0.3) is 0 Å². The highest BCUT2D eigenvalue weighted by Gasteiger charge is 2.09. The maximum absolute atomic E-state index is 6.06. The van der Waals surface area contributed by atoms with E-state index in [4.69, 9.17) is 22.1 Å². The summed E-state index contributed by atoms with van der Waals surface area (Å²) in [6.07, 6.45) is 0.905. The first kappa shape index (κ1) is 14.9. The predicted molar refractivity (Wildman–Crippen MR) is 84.7 cm³/mol. The van der Waals surface area contributed by atoms with Crippen LogP contribution in [0.15, 0.2) is 36.4 Å². The average molecular weight is 290 g/mol. The van der Waals surface area contributed by atoms with Gasteiger partial charge in [0.05, 0.1) is 0 Å². The van der Waals surface area contributed by atoms with Crippen LogP contribution < -0.4 is 10.5 Å². The Balaban J connectivity index is 2.31. The second-order valence-electron chi connectivity index (χ2n) is 5.06. The van der Waals surface area contributed by atoms with Crippen molar-refractivity contribution < 1.29 is 4.74 Å². The van der Waals surface area contributed by atoms with Gasteiger partial charge in [-0.05, 0) is 61.2 Å². The molecular weight excluding hydrogens is 270 g/mol. The summed E-state index contributed by atoms with van der Waals surface area (Å²) in [5.74, 6) is 1.66. The van der Waals surface area contributed by atoms with E-state index >= 15 is 0 Å². The number of halogens is 1. The number of hydrogen-bond acceptors (Lipinski definition) is 2. The number of benzene rings is 2. The average Bonchev–Trinajstić information content (AvgIpc) is 2.42. The van der Waals surface area contributed by atoms with Gasteiger partial charge in [0.2, 0.25) is 0 Å². The Morgan fingerprint density at radius 3 is 2.40 bits per heavy atom. The molecule has 0 spiro atoms. The van der Waals surface area contributed by atoms with Gasteiger partial charge in [0.15, 0.2) is 0 Å². The third-order valence-corrected chi connectivity index (χ3v) is 3.59. The van der Waals surface area contributed by atoms with E-state index in [9.17, 15) is 0 Å². The molecule has 0 aliphatic carbocycles. The van der Waals surface area contributed by atoms with E-state index < -0.39 is 0 Å². The molecule has 0 aliphatic heterocycles. The van der Waals surface area contributed by atoms with E-state index in [-0.39, 0.29) is 6.04 Å². The van der Waals surface area contributed by atoms with Crippen molar-refractivity contribution >= 4 is 11.6 Å². The van der Waals surface area contributed by atoms with Crippen molar-refractivity contribution in [2.75, 3.05) is 0 Å². The fourth-order valence-corrected chi connectivity index (χ4v) is 2.55. The lowest BCUT2D eigenvalue weighted by Gasteiger charge is -2.14. The van der Waals surface area contributed by atoms with Crippen molar-refractivity contribution in [1.82, 2.24) is 0 Å². The summed E-state index contributed by atoms with van der Waals surface area (Å²) in [6.45, 7) is 6.07. The molecule has 0 heterocycles. The Morgan fingerprint density at radius 1 is 1.15 bits per heavy atom. The third-order valence-electron chi connectivity index (χ3n) is 3.37. The number of nitrogens with two attached hydrogens (primary N) is 1. The largest absolute Gasteiger partial charge is 0.457 e. The van der Waals surface area contributed by atoms with E-state index in [1.165, 1.54) is 0 Å². The predicted octanol–water partition coefficient (Wildman–Crippen LogP) is 5.16. The molecule has 0 aromatic heterocycles. The van der Waals surface area contributed by atoms with Crippen molar-refractivity contribution in [2.45, 2.75) is 33.2 Å². The monoisotopic (exact) mass is 289 g/mol. The van der Waals surface area contributed by atoms with Gasteiger partial charge in [-0.2, -0.15) is 0 Å². The maximum Gasteiger partial charge on any atom is 0.133 e. The summed E-state index contributed by atoms with van der Waals surface area (Å²) >= 11 is 6.04. The molecule has 3 heteroatoms. The maximum atomic E-state index is 6.06. The first-order valence-electron chi connectivity index (χ1n) is 6.81. The molecule has 0 amide bonds. The van der Waals surface area contributed by atoms with Crippen LogP contribution in [0.5, 0.6) is 11.5 Å². The summed E-state index contributed by atoms with van der Waals surface area (Å²) in [7, 11) is 0. The highest BCUT2D eigenvalue weighted by atomic mass is 35.5. The van der Waals surface area contributed by atoms with E-state index in [1.54, 1.807) is 0 Å². The molecule has 2 aromatic rings. The summed E-state index contributed by atoms with van der Waals surface area (Å²) in [6, 6.07) is 11.8. The first-order chi connectivity index (χ1) is 9.51. The molecule has 0 bridgehead atoms. The van der Waals surface area contributed by atoms with Crippen LogP contribution in [-0.4, -0.2) is 0 Å². The van der Waals surface area contributed by atoms with Crippen molar-refractivity contribution in [1.29, 1.82) is 0 Å². The molecule has 2 rings (SSSR count). The number of hydrogen-bond donors (Lipinski definition) is 1. The van der Waals surface area contributed by atoms with Gasteiger partial charge < -0.3 is 10.5 Å². The molecule has 0 fully saturated rings. The van der Waals surface area contributed by atoms with Gasteiger partial charge in [0.1, 0.15) is 11.5 Å². The van der Waals surface area contributed by atoms with Gasteiger partial charge in [-0.25, -0.2) is 0 Å². The zero-order valence-corrected chi connectivity index (χ0v) is 12.9. The van der Waals surface area contributed by atoms with Crippen molar-refractivity contribution in [2.24, 2.45) is 5.73 Å². The molecule has 1 unspecified atom stereocenters. The van der Waals surface area contributed by atoms with Crippen LogP contribution >= 0.6 is 11.6 Å². The lowest BCUT2D eigenvalue weighted by Crippen LogP contribution is -2.08. The highest BCUT2D eigenvalue weighted by Crippen LogP contribution is 2.32. The normalized spacial score (nSPS) is 12.2. The van der Waals surface area contributed by atoms with E-state index in [2.05, 4.69) is 6.92 Å². The lowest BCUT2D eigenvalue weighted by molar-refractivity contribution is 0.473. The molecule has 20 heavy (non-hydrogen) atoms. The molecule has 0 saturated heterocycles.